The molecule has 6 heteroatoms. The lowest BCUT2D eigenvalue weighted by Crippen LogP contribution is -2.07. The van der Waals surface area contributed by atoms with Crippen LogP contribution in [0.1, 0.15) is 33.6 Å². The van der Waals surface area contributed by atoms with Crippen molar-refractivity contribution in [2.24, 2.45) is 0 Å². The average Bonchev–Trinajstić information content (AvgIpc) is 2.15. The molecule has 0 spiro atoms. The predicted molar refractivity (Wildman–Crippen MR) is 51.7 cm³/mol. The minimum absolute atomic E-state index is 0.118. The first-order valence-corrected chi connectivity index (χ1v) is 6.25. The highest BCUT2D eigenvalue weighted by molar-refractivity contribution is 7.48. The zero-order chi connectivity index (χ0) is 11.0. The van der Waals surface area contributed by atoms with Gasteiger partial charge in [-0.2, -0.15) is 0 Å². The highest BCUT2D eigenvalue weighted by Crippen LogP contribution is 2.50. The van der Waals surface area contributed by atoms with Crippen molar-refractivity contribution in [2.45, 2.75) is 40.0 Å². The maximum atomic E-state index is 12.8. The average molecular weight is 228 g/mol. The van der Waals surface area contributed by atoms with Gasteiger partial charge < -0.3 is 0 Å². The first-order valence-electron chi connectivity index (χ1n) is 4.79. The van der Waals surface area contributed by atoms with E-state index in [0.717, 1.165) is 0 Å². The SMILES string of the molecule is CCCOP(=O)(OCC)OC(F)CC. The number of alkyl halides is 1. The molecule has 0 fully saturated rings. The lowest BCUT2D eigenvalue weighted by atomic mass is 10.5. The second-order valence-electron chi connectivity index (χ2n) is 2.62. The molecule has 0 aromatic carbocycles. The van der Waals surface area contributed by atoms with E-state index in [0.29, 0.717) is 6.42 Å². The lowest BCUT2D eigenvalue weighted by Gasteiger charge is -2.18. The fourth-order valence-electron chi connectivity index (χ4n) is 0.674. The molecule has 0 radical (unpaired) electrons. The van der Waals surface area contributed by atoms with Gasteiger partial charge >= 0.3 is 7.82 Å². The zero-order valence-electron chi connectivity index (χ0n) is 8.86. The third-order valence-corrected chi connectivity index (χ3v) is 2.87. The molecule has 0 aliphatic rings. The van der Waals surface area contributed by atoms with Crippen molar-refractivity contribution in [2.75, 3.05) is 13.2 Å². The summed E-state index contributed by atoms with van der Waals surface area (Å²) in [5.74, 6) is 0. The van der Waals surface area contributed by atoms with Gasteiger partial charge in [0.05, 0.1) is 13.2 Å². The molecule has 0 rings (SSSR count). The van der Waals surface area contributed by atoms with Crippen LogP contribution in [0.15, 0.2) is 0 Å². The Hall–Kier alpha value is 0.0400. The summed E-state index contributed by atoms with van der Waals surface area (Å²) in [5.41, 5.74) is 0. The monoisotopic (exact) mass is 228 g/mol. The summed E-state index contributed by atoms with van der Waals surface area (Å²) < 4.78 is 38.7. The third-order valence-electron chi connectivity index (χ3n) is 1.31. The van der Waals surface area contributed by atoms with Crippen LogP contribution in [0, 0.1) is 0 Å². The Morgan fingerprint density at radius 3 is 2.36 bits per heavy atom. The number of rotatable bonds is 8. The van der Waals surface area contributed by atoms with Crippen LogP contribution in [0.2, 0.25) is 0 Å². The molecule has 86 valence electrons. The summed E-state index contributed by atoms with van der Waals surface area (Å²) in [6, 6.07) is 0. The number of halogens is 1. The van der Waals surface area contributed by atoms with Crippen molar-refractivity contribution in [3.8, 4) is 0 Å². The van der Waals surface area contributed by atoms with E-state index in [-0.39, 0.29) is 19.6 Å². The minimum Gasteiger partial charge on any atom is -0.287 e. The van der Waals surface area contributed by atoms with Crippen LogP contribution in [-0.2, 0) is 18.1 Å². The van der Waals surface area contributed by atoms with Crippen LogP contribution < -0.4 is 0 Å². The van der Waals surface area contributed by atoms with E-state index >= 15 is 0 Å². The van der Waals surface area contributed by atoms with Gasteiger partial charge in [-0.25, -0.2) is 8.96 Å². The predicted octanol–water partition coefficient (Wildman–Crippen LogP) is 3.28. The fraction of sp³-hybridized carbons (Fsp3) is 1.00. The largest absolute Gasteiger partial charge is 0.477 e. The Morgan fingerprint density at radius 2 is 1.93 bits per heavy atom. The molecule has 0 aliphatic heterocycles. The van der Waals surface area contributed by atoms with Gasteiger partial charge in [0.15, 0.2) is 0 Å². The Labute approximate surface area is 84.3 Å². The maximum Gasteiger partial charge on any atom is 0.477 e. The van der Waals surface area contributed by atoms with Crippen LogP contribution in [0.4, 0.5) is 4.39 Å². The van der Waals surface area contributed by atoms with Crippen molar-refractivity contribution in [3.63, 3.8) is 0 Å². The van der Waals surface area contributed by atoms with Crippen molar-refractivity contribution in [3.05, 3.63) is 0 Å². The molecule has 2 atom stereocenters. The van der Waals surface area contributed by atoms with Gasteiger partial charge in [0.2, 0.25) is 6.36 Å². The molecular formula is C8H18FO4P. The molecule has 0 aromatic heterocycles. The van der Waals surface area contributed by atoms with Gasteiger partial charge in [0.25, 0.3) is 0 Å². The second kappa shape index (κ2) is 7.35. The maximum absolute atomic E-state index is 12.8. The third kappa shape index (κ3) is 5.70. The van der Waals surface area contributed by atoms with E-state index in [1.165, 1.54) is 0 Å². The molecule has 0 bridgehead atoms. The molecule has 0 saturated carbocycles. The van der Waals surface area contributed by atoms with Gasteiger partial charge in [-0.15, -0.1) is 0 Å². The molecule has 4 nitrogen and oxygen atoms in total. The van der Waals surface area contributed by atoms with Crippen molar-refractivity contribution < 1.29 is 22.5 Å². The second-order valence-corrected chi connectivity index (χ2v) is 4.24. The van der Waals surface area contributed by atoms with Crippen molar-refractivity contribution in [1.82, 2.24) is 0 Å². The first-order chi connectivity index (χ1) is 6.58. The molecule has 0 amide bonds. The van der Waals surface area contributed by atoms with E-state index in [1.807, 2.05) is 6.92 Å². The molecule has 2 unspecified atom stereocenters. The van der Waals surface area contributed by atoms with Crippen LogP contribution >= 0.6 is 7.82 Å². The number of hydrogen-bond donors (Lipinski definition) is 0. The van der Waals surface area contributed by atoms with Crippen LogP contribution in [0.5, 0.6) is 0 Å². The Morgan fingerprint density at radius 1 is 1.29 bits per heavy atom. The summed E-state index contributed by atoms with van der Waals surface area (Å²) in [4.78, 5) is 0. The first kappa shape index (κ1) is 14.0. The molecule has 14 heavy (non-hydrogen) atoms. The van der Waals surface area contributed by atoms with Gasteiger partial charge in [-0.05, 0) is 13.3 Å². The zero-order valence-corrected chi connectivity index (χ0v) is 9.76. The van der Waals surface area contributed by atoms with E-state index < -0.39 is 14.2 Å². The smallest absolute Gasteiger partial charge is 0.287 e. The normalized spacial score (nSPS) is 17.7. The molecular weight excluding hydrogens is 210 g/mol. The molecule has 0 aliphatic carbocycles. The fourth-order valence-corrected chi connectivity index (χ4v) is 2.02. The van der Waals surface area contributed by atoms with E-state index in [1.54, 1.807) is 13.8 Å². The lowest BCUT2D eigenvalue weighted by molar-refractivity contribution is 0.0107. The van der Waals surface area contributed by atoms with Crippen LogP contribution in [-0.4, -0.2) is 19.6 Å². The quantitative estimate of drug-likeness (QED) is 0.598. The van der Waals surface area contributed by atoms with E-state index in [4.69, 9.17) is 9.05 Å². The number of phosphoric acid groups is 1. The summed E-state index contributed by atoms with van der Waals surface area (Å²) in [6.07, 6.45) is -0.819. The molecule has 0 aromatic rings. The van der Waals surface area contributed by atoms with Gasteiger partial charge in [0, 0.05) is 6.42 Å². The van der Waals surface area contributed by atoms with Crippen molar-refractivity contribution in [1.29, 1.82) is 0 Å². The summed E-state index contributed by atoms with van der Waals surface area (Å²) in [5, 5.41) is 0. The van der Waals surface area contributed by atoms with E-state index in [2.05, 4.69) is 4.52 Å². The van der Waals surface area contributed by atoms with Crippen LogP contribution in [0.3, 0.4) is 0 Å². The standard InChI is InChI=1S/C8H18FO4P/c1-4-7-12-14(10,11-6-3)13-8(9)5-2/h8H,4-7H2,1-3H3. The Kier molecular flexibility index (Phi) is 7.37. The summed E-state index contributed by atoms with van der Waals surface area (Å²) >= 11 is 0. The van der Waals surface area contributed by atoms with E-state index in [9.17, 15) is 8.96 Å². The summed E-state index contributed by atoms with van der Waals surface area (Å²) in [6.45, 7) is 5.47. The highest BCUT2D eigenvalue weighted by atomic mass is 31.2. The number of hydrogen-bond acceptors (Lipinski definition) is 4. The van der Waals surface area contributed by atoms with Crippen LogP contribution in [0.25, 0.3) is 0 Å². The van der Waals surface area contributed by atoms with Gasteiger partial charge in [-0.1, -0.05) is 13.8 Å². The molecule has 0 heterocycles. The Balaban J connectivity index is 4.16. The summed E-state index contributed by atoms with van der Waals surface area (Å²) in [7, 11) is -3.68. The van der Waals surface area contributed by atoms with Crippen molar-refractivity contribution >= 4 is 7.82 Å². The molecule has 0 N–H and O–H groups in total. The Bertz CT molecular complexity index is 188. The van der Waals surface area contributed by atoms with Gasteiger partial charge in [0.1, 0.15) is 0 Å². The minimum atomic E-state index is -3.68. The molecule has 0 saturated heterocycles. The highest BCUT2D eigenvalue weighted by Gasteiger charge is 2.29. The topological polar surface area (TPSA) is 44.8 Å². The van der Waals surface area contributed by atoms with Gasteiger partial charge in [-0.3, -0.25) is 13.6 Å². The number of phosphoric ester groups is 1.